The van der Waals surface area contributed by atoms with Crippen molar-refractivity contribution in [2.45, 2.75) is 9.79 Å². The number of nitro benzene ring substituents is 2. The van der Waals surface area contributed by atoms with Gasteiger partial charge in [0.1, 0.15) is 0 Å². The minimum absolute atomic E-state index is 0.374. The highest BCUT2D eigenvalue weighted by Crippen LogP contribution is 2.21. The lowest BCUT2D eigenvalue weighted by atomic mass is 10.3. The first-order chi connectivity index (χ1) is 12.0. The van der Waals surface area contributed by atoms with Crippen LogP contribution in [0.15, 0.2) is 58.3 Å². The van der Waals surface area contributed by atoms with Gasteiger partial charge in [0.05, 0.1) is 31.1 Å². The van der Waals surface area contributed by atoms with E-state index in [1.165, 1.54) is 12.1 Å². The van der Waals surface area contributed by atoms with Crippen molar-refractivity contribution < 1.29 is 26.7 Å². The van der Waals surface area contributed by atoms with Crippen LogP contribution < -0.4 is 0 Å². The van der Waals surface area contributed by atoms with E-state index in [0.29, 0.717) is 0 Å². The van der Waals surface area contributed by atoms with Gasteiger partial charge in [-0.1, -0.05) is 12.1 Å². The largest absolute Gasteiger partial charge is 0.270 e. The molecular weight excluding hydrogens is 388 g/mol. The van der Waals surface area contributed by atoms with Gasteiger partial charge in [0, 0.05) is 24.3 Å². The standard InChI is InChI=1S/C14H12N2O8S2/c17-15(18)11-3-1-5-13(9-11)25(21,22)7-8-26(23,24)14-6-2-4-12(10-14)16(19)20/h1-6,9-10H,7-8H2. The zero-order chi connectivity index (χ0) is 19.5. The summed E-state index contributed by atoms with van der Waals surface area (Å²) < 4.78 is 49.1. The van der Waals surface area contributed by atoms with Crippen molar-refractivity contribution >= 4 is 31.0 Å². The van der Waals surface area contributed by atoms with Crippen LogP contribution in [0.25, 0.3) is 0 Å². The first-order valence-corrected chi connectivity index (χ1v) is 10.3. The van der Waals surface area contributed by atoms with Gasteiger partial charge in [0.2, 0.25) is 0 Å². The zero-order valence-corrected chi connectivity index (χ0v) is 14.6. The highest BCUT2D eigenvalue weighted by molar-refractivity contribution is 7.95. The Hall–Kier alpha value is -2.86. The van der Waals surface area contributed by atoms with Crippen LogP contribution >= 0.6 is 0 Å². The molecule has 0 saturated carbocycles. The molecule has 0 aromatic heterocycles. The minimum Gasteiger partial charge on any atom is -0.258 e. The van der Waals surface area contributed by atoms with E-state index in [2.05, 4.69) is 0 Å². The third-order valence-electron chi connectivity index (χ3n) is 3.40. The van der Waals surface area contributed by atoms with Crippen LogP contribution in [0, 0.1) is 20.2 Å². The van der Waals surface area contributed by atoms with Crippen molar-refractivity contribution in [2.75, 3.05) is 11.5 Å². The fourth-order valence-corrected chi connectivity index (χ4v) is 5.44. The van der Waals surface area contributed by atoms with Crippen LogP contribution in [0.1, 0.15) is 0 Å². The van der Waals surface area contributed by atoms with Gasteiger partial charge in [-0.05, 0) is 12.1 Å². The Kier molecular flexibility index (Phi) is 5.37. The lowest BCUT2D eigenvalue weighted by Gasteiger charge is -2.06. The molecule has 0 aliphatic carbocycles. The lowest BCUT2D eigenvalue weighted by Crippen LogP contribution is -2.18. The molecule has 0 saturated heterocycles. The Labute approximate surface area is 148 Å². The molecule has 0 heterocycles. The molecule has 2 aromatic carbocycles. The fraction of sp³-hybridized carbons (Fsp3) is 0.143. The molecule has 2 aromatic rings. The minimum atomic E-state index is -4.10. The quantitative estimate of drug-likeness (QED) is 0.503. The molecule has 0 fully saturated rings. The Morgan fingerprint density at radius 2 is 1.04 bits per heavy atom. The maximum absolute atomic E-state index is 12.3. The van der Waals surface area contributed by atoms with E-state index in [0.717, 1.165) is 36.4 Å². The first-order valence-electron chi connectivity index (χ1n) is 6.97. The summed E-state index contributed by atoms with van der Waals surface area (Å²) in [6.45, 7) is 0. The maximum atomic E-state index is 12.3. The van der Waals surface area contributed by atoms with Crippen LogP contribution in [0.2, 0.25) is 0 Å². The average molecular weight is 400 g/mol. The van der Waals surface area contributed by atoms with E-state index in [1.807, 2.05) is 0 Å². The predicted molar refractivity (Wildman–Crippen MR) is 90.3 cm³/mol. The van der Waals surface area contributed by atoms with Gasteiger partial charge in [-0.15, -0.1) is 0 Å². The Bertz CT molecular complexity index is 990. The summed E-state index contributed by atoms with van der Waals surface area (Å²) in [6, 6.07) is 8.52. The average Bonchev–Trinajstić information content (AvgIpc) is 2.60. The van der Waals surface area contributed by atoms with Crippen molar-refractivity contribution in [3.63, 3.8) is 0 Å². The lowest BCUT2D eigenvalue weighted by molar-refractivity contribution is -0.385. The summed E-state index contributed by atoms with van der Waals surface area (Å²) in [5.41, 5.74) is -0.875. The van der Waals surface area contributed by atoms with Gasteiger partial charge in [-0.3, -0.25) is 20.2 Å². The number of rotatable bonds is 7. The predicted octanol–water partition coefficient (Wildman–Crippen LogP) is 1.75. The molecule has 0 aliphatic heterocycles. The van der Waals surface area contributed by atoms with E-state index in [9.17, 15) is 37.1 Å². The summed E-state index contributed by atoms with van der Waals surface area (Å²) >= 11 is 0. The molecule has 12 heteroatoms. The zero-order valence-electron chi connectivity index (χ0n) is 13.0. The van der Waals surface area contributed by atoms with Gasteiger partial charge in [0.25, 0.3) is 11.4 Å². The maximum Gasteiger partial charge on any atom is 0.270 e. The van der Waals surface area contributed by atoms with E-state index in [1.54, 1.807) is 0 Å². The molecule has 138 valence electrons. The van der Waals surface area contributed by atoms with Crippen molar-refractivity contribution in [1.82, 2.24) is 0 Å². The molecule has 0 unspecified atom stereocenters. The molecule has 0 radical (unpaired) electrons. The van der Waals surface area contributed by atoms with E-state index in [-0.39, 0.29) is 9.79 Å². The van der Waals surface area contributed by atoms with Crippen molar-refractivity contribution in [3.8, 4) is 0 Å². The SMILES string of the molecule is O=[N+]([O-])c1cccc(S(=O)(=O)CCS(=O)(=O)c2cccc([N+](=O)[O-])c2)c1. The fourth-order valence-electron chi connectivity index (χ4n) is 2.04. The monoisotopic (exact) mass is 400 g/mol. The Morgan fingerprint density at radius 1 is 0.692 bits per heavy atom. The van der Waals surface area contributed by atoms with Crippen molar-refractivity contribution in [1.29, 1.82) is 0 Å². The van der Waals surface area contributed by atoms with E-state index < -0.39 is 52.4 Å². The molecule has 0 aliphatic rings. The van der Waals surface area contributed by atoms with Gasteiger partial charge in [0.15, 0.2) is 19.7 Å². The molecule has 26 heavy (non-hydrogen) atoms. The number of non-ortho nitro benzene ring substituents is 2. The smallest absolute Gasteiger partial charge is 0.258 e. The van der Waals surface area contributed by atoms with Crippen LogP contribution in [-0.2, 0) is 19.7 Å². The third-order valence-corrected chi connectivity index (χ3v) is 7.08. The molecule has 0 N–H and O–H groups in total. The topological polar surface area (TPSA) is 155 Å². The van der Waals surface area contributed by atoms with E-state index in [4.69, 9.17) is 0 Å². The van der Waals surface area contributed by atoms with Crippen molar-refractivity contribution in [2.24, 2.45) is 0 Å². The van der Waals surface area contributed by atoms with Gasteiger partial charge < -0.3 is 0 Å². The highest BCUT2D eigenvalue weighted by atomic mass is 32.2. The van der Waals surface area contributed by atoms with Gasteiger partial charge in [-0.25, -0.2) is 16.8 Å². The third kappa shape index (κ3) is 4.40. The first kappa shape index (κ1) is 19.5. The molecule has 10 nitrogen and oxygen atoms in total. The molecule has 0 atom stereocenters. The summed E-state index contributed by atoms with van der Waals surface area (Å²) in [4.78, 5) is 19.2. The number of benzene rings is 2. The second-order valence-electron chi connectivity index (χ2n) is 5.15. The van der Waals surface area contributed by atoms with Crippen LogP contribution in [0.3, 0.4) is 0 Å². The Morgan fingerprint density at radius 3 is 1.35 bits per heavy atom. The second kappa shape index (κ2) is 7.17. The van der Waals surface area contributed by atoms with Crippen LogP contribution in [0.4, 0.5) is 11.4 Å². The van der Waals surface area contributed by atoms with Crippen LogP contribution in [0.5, 0.6) is 0 Å². The summed E-state index contributed by atoms with van der Waals surface area (Å²) in [7, 11) is -8.20. The second-order valence-corrected chi connectivity index (χ2v) is 9.36. The molecule has 0 bridgehead atoms. The summed E-state index contributed by atoms with van der Waals surface area (Å²) in [5, 5.41) is 21.5. The Balaban J connectivity index is 2.26. The molecule has 2 rings (SSSR count). The highest BCUT2D eigenvalue weighted by Gasteiger charge is 2.24. The van der Waals surface area contributed by atoms with E-state index >= 15 is 0 Å². The number of nitro groups is 2. The normalized spacial score (nSPS) is 11.8. The summed E-state index contributed by atoms with van der Waals surface area (Å²) in [5.74, 6) is -1.64. The summed E-state index contributed by atoms with van der Waals surface area (Å²) in [6.07, 6.45) is 0. The molecule has 0 spiro atoms. The van der Waals surface area contributed by atoms with Crippen LogP contribution in [-0.4, -0.2) is 38.2 Å². The number of hydrogen-bond donors (Lipinski definition) is 0. The van der Waals surface area contributed by atoms with Gasteiger partial charge >= 0.3 is 0 Å². The number of hydrogen-bond acceptors (Lipinski definition) is 8. The number of nitrogens with zero attached hydrogens (tertiary/aromatic N) is 2. The van der Waals surface area contributed by atoms with Gasteiger partial charge in [-0.2, -0.15) is 0 Å². The number of sulfone groups is 2. The van der Waals surface area contributed by atoms with Crippen molar-refractivity contribution in [3.05, 3.63) is 68.8 Å². The molecule has 0 amide bonds. The molecular formula is C14H12N2O8S2.